The minimum absolute atomic E-state index is 0.0147. The highest BCUT2D eigenvalue weighted by Gasteiger charge is 2.17. The van der Waals surface area contributed by atoms with Crippen molar-refractivity contribution in [3.63, 3.8) is 0 Å². The van der Waals surface area contributed by atoms with Gasteiger partial charge < -0.3 is 15.5 Å². The number of carbonyl (C=O) groups excluding carboxylic acids is 2. The molecule has 0 aliphatic carbocycles. The minimum Gasteiger partial charge on any atom is -0.337 e. The molecule has 3 rings (SSSR count). The van der Waals surface area contributed by atoms with Crippen molar-refractivity contribution in [1.29, 1.82) is 0 Å². The van der Waals surface area contributed by atoms with Gasteiger partial charge in [-0.05, 0) is 42.6 Å². The molecule has 1 saturated heterocycles. The highest BCUT2D eigenvalue weighted by molar-refractivity contribution is 7.12. The lowest BCUT2D eigenvalue weighted by molar-refractivity contribution is 0.0766. The summed E-state index contributed by atoms with van der Waals surface area (Å²) in [6, 6.07) is 10.7. The number of hydrogen-bond acceptors (Lipinski definition) is 4. The molecule has 0 saturated carbocycles. The van der Waals surface area contributed by atoms with Crippen LogP contribution >= 0.6 is 11.3 Å². The number of anilines is 1. The Hall–Kier alpha value is -2.18. The number of carbonyl (C=O) groups is 2. The first kappa shape index (κ1) is 15.7. The Balaban J connectivity index is 1.71. The second kappa shape index (κ2) is 7.39. The molecule has 6 heteroatoms. The van der Waals surface area contributed by atoms with Crippen molar-refractivity contribution >= 4 is 28.8 Å². The number of benzene rings is 1. The number of thiophene rings is 1. The number of amides is 2. The first-order valence-corrected chi connectivity index (χ1v) is 8.57. The van der Waals surface area contributed by atoms with Gasteiger partial charge in [0.25, 0.3) is 11.8 Å². The lowest BCUT2D eigenvalue weighted by Crippen LogP contribution is -2.34. The summed E-state index contributed by atoms with van der Waals surface area (Å²) < 4.78 is 0. The molecule has 1 aromatic carbocycles. The van der Waals surface area contributed by atoms with E-state index in [-0.39, 0.29) is 11.8 Å². The van der Waals surface area contributed by atoms with E-state index >= 15 is 0 Å². The van der Waals surface area contributed by atoms with Crippen LogP contribution in [0.25, 0.3) is 0 Å². The Morgan fingerprint density at radius 1 is 1.13 bits per heavy atom. The summed E-state index contributed by atoms with van der Waals surface area (Å²) in [6.07, 6.45) is 0.959. The third kappa shape index (κ3) is 3.97. The molecule has 1 aliphatic rings. The van der Waals surface area contributed by atoms with Gasteiger partial charge in [-0.3, -0.25) is 9.59 Å². The Morgan fingerprint density at radius 3 is 2.87 bits per heavy atom. The third-order valence-corrected chi connectivity index (χ3v) is 4.61. The second-order valence-corrected chi connectivity index (χ2v) is 6.36. The van der Waals surface area contributed by atoms with E-state index in [9.17, 15) is 9.59 Å². The standard InChI is InChI=1S/C17H19N3O2S/c21-16(15-6-2-11-23-15)19-14-5-1-4-13(12-14)17(22)20-9-3-7-18-8-10-20/h1-2,4-6,11-12,18H,3,7-10H2,(H,19,21). The zero-order valence-corrected chi connectivity index (χ0v) is 13.6. The van der Waals surface area contributed by atoms with Gasteiger partial charge in [0.15, 0.2) is 0 Å². The van der Waals surface area contributed by atoms with Crippen LogP contribution in [0.15, 0.2) is 41.8 Å². The Morgan fingerprint density at radius 2 is 2.04 bits per heavy atom. The Bertz CT molecular complexity index is 677. The lowest BCUT2D eigenvalue weighted by Gasteiger charge is -2.20. The molecule has 2 N–H and O–H groups in total. The van der Waals surface area contributed by atoms with Gasteiger partial charge in [-0.15, -0.1) is 11.3 Å². The molecular weight excluding hydrogens is 310 g/mol. The summed E-state index contributed by atoms with van der Waals surface area (Å²) in [6.45, 7) is 3.24. The van der Waals surface area contributed by atoms with Gasteiger partial charge in [0.05, 0.1) is 4.88 Å². The van der Waals surface area contributed by atoms with Crippen LogP contribution in [0.4, 0.5) is 5.69 Å². The molecule has 0 bridgehead atoms. The van der Waals surface area contributed by atoms with Crippen LogP contribution in [0.5, 0.6) is 0 Å². The maximum Gasteiger partial charge on any atom is 0.265 e. The fourth-order valence-electron chi connectivity index (χ4n) is 2.56. The highest BCUT2D eigenvalue weighted by atomic mass is 32.1. The van der Waals surface area contributed by atoms with Gasteiger partial charge in [-0.25, -0.2) is 0 Å². The van der Waals surface area contributed by atoms with Crippen molar-refractivity contribution in [3.05, 3.63) is 52.2 Å². The van der Waals surface area contributed by atoms with Crippen LogP contribution < -0.4 is 10.6 Å². The van der Waals surface area contributed by atoms with Crippen LogP contribution in [0.3, 0.4) is 0 Å². The lowest BCUT2D eigenvalue weighted by atomic mass is 10.1. The topological polar surface area (TPSA) is 61.4 Å². The van der Waals surface area contributed by atoms with E-state index in [4.69, 9.17) is 0 Å². The largest absolute Gasteiger partial charge is 0.337 e. The van der Waals surface area contributed by atoms with E-state index in [1.807, 2.05) is 16.3 Å². The Kier molecular flexibility index (Phi) is 5.05. The second-order valence-electron chi connectivity index (χ2n) is 5.41. The first-order valence-electron chi connectivity index (χ1n) is 7.69. The summed E-state index contributed by atoms with van der Waals surface area (Å²) in [7, 11) is 0. The minimum atomic E-state index is -0.149. The molecule has 23 heavy (non-hydrogen) atoms. The molecule has 2 amide bonds. The molecule has 2 heterocycles. The van der Waals surface area contributed by atoms with Gasteiger partial charge in [0, 0.05) is 30.9 Å². The van der Waals surface area contributed by atoms with Crippen LogP contribution in [0.2, 0.25) is 0 Å². The van der Waals surface area contributed by atoms with E-state index in [1.165, 1.54) is 11.3 Å². The smallest absolute Gasteiger partial charge is 0.265 e. The van der Waals surface area contributed by atoms with Crippen molar-refractivity contribution < 1.29 is 9.59 Å². The third-order valence-electron chi connectivity index (χ3n) is 3.74. The van der Waals surface area contributed by atoms with Gasteiger partial charge >= 0.3 is 0 Å². The quantitative estimate of drug-likeness (QED) is 0.909. The van der Waals surface area contributed by atoms with E-state index in [2.05, 4.69) is 10.6 Å². The van der Waals surface area contributed by atoms with Gasteiger partial charge in [-0.1, -0.05) is 12.1 Å². The highest BCUT2D eigenvalue weighted by Crippen LogP contribution is 2.16. The predicted molar refractivity (Wildman–Crippen MR) is 92.1 cm³/mol. The fraction of sp³-hybridized carbons (Fsp3) is 0.294. The van der Waals surface area contributed by atoms with Crippen LogP contribution in [0.1, 0.15) is 26.5 Å². The van der Waals surface area contributed by atoms with Crippen molar-refractivity contribution in [1.82, 2.24) is 10.2 Å². The molecule has 1 fully saturated rings. The Labute approximate surface area is 139 Å². The molecular formula is C17H19N3O2S. The summed E-state index contributed by atoms with van der Waals surface area (Å²) in [4.78, 5) is 27.2. The molecule has 1 aromatic heterocycles. The number of rotatable bonds is 3. The predicted octanol–water partition coefficient (Wildman–Crippen LogP) is 2.44. The number of hydrogen-bond donors (Lipinski definition) is 2. The van der Waals surface area contributed by atoms with Gasteiger partial charge in [-0.2, -0.15) is 0 Å². The van der Waals surface area contributed by atoms with Gasteiger partial charge in [0.2, 0.25) is 0 Å². The molecule has 5 nitrogen and oxygen atoms in total. The average molecular weight is 329 g/mol. The first-order chi connectivity index (χ1) is 11.2. The average Bonchev–Trinajstić information content (AvgIpc) is 2.97. The summed E-state index contributed by atoms with van der Waals surface area (Å²) in [5.74, 6) is -0.135. The van der Waals surface area contributed by atoms with E-state index < -0.39 is 0 Å². The maximum atomic E-state index is 12.6. The van der Waals surface area contributed by atoms with Crippen molar-refractivity contribution in [2.45, 2.75) is 6.42 Å². The molecule has 2 aromatic rings. The molecule has 120 valence electrons. The zero-order chi connectivity index (χ0) is 16.1. The van der Waals surface area contributed by atoms with E-state index in [0.717, 1.165) is 26.1 Å². The summed E-state index contributed by atoms with van der Waals surface area (Å²) in [5.41, 5.74) is 1.25. The van der Waals surface area contributed by atoms with E-state index in [0.29, 0.717) is 22.7 Å². The van der Waals surface area contributed by atoms with Crippen molar-refractivity contribution in [2.75, 3.05) is 31.5 Å². The van der Waals surface area contributed by atoms with Gasteiger partial charge in [0.1, 0.15) is 0 Å². The SMILES string of the molecule is O=C(Nc1cccc(C(=O)N2CCCNCC2)c1)c1cccs1. The summed E-state index contributed by atoms with van der Waals surface area (Å²) in [5, 5.41) is 7.99. The normalized spacial score (nSPS) is 15.0. The molecule has 0 spiro atoms. The number of nitrogens with one attached hydrogen (secondary N) is 2. The van der Waals surface area contributed by atoms with Crippen LogP contribution in [0, 0.1) is 0 Å². The fourth-order valence-corrected chi connectivity index (χ4v) is 3.18. The van der Waals surface area contributed by atoms with Crippen LogP contribution in [-0.4, -0.2) is 42.9 Å². The molecule has 0 unspecified atom stereocenters. The van der Waals surface area contributed by atoms with Crippen molar-refractivity contribution in [3.8, 4) is 0 Å². The maximum absolute atomic E-state index is 12.6. The molecule has 0 radical (unpaired) electrons. The van der Waals surface area contributed by atoms with Crippen LogP contribution in [-0.2, 0) is 0 Å². The molecule has 0 atom stereocenters. The molecule has 1 aliphatic heterocycles. The zero-order valence-electron chi connectivity index (χ0n) is 12.7. The summed E-state index contributed by atoms with van der Waals surface area (Å²) >= 11 is 1.39. The van der Waals surface area contributed by atoms with E-state index in [1.54, 1.807) is 30.3 Å². The monoisotopic (exact) mass is 329 g/mol. The number of nitrogens with zero attached hydrogens (tertiary/aromatic N) is 1. The van der Waals surface area contributed by atoms with Crippen molar-refractivity contribution in [2.24, 2.45) is 0 Å².